The van der Waals surface area contributed by atoms with E-state index in [2.05, 4.69) is 186 Å². The van der Waals surface area contributed by atoms with Gasteiger partial charge in [0.05, 0.1) is 16.1 Å². The lowest BCUT2D eigenvalue weighted by atomic mass is 9.55. The molecule has 0 unspecified atom stereocenters. The molecule has 1 N–H and O–H groups in total. The average Bonchev–Trinajstić information content (AvgIpc) is 3.79. The molecule has 3 aliphatic rings. The van der Waals surface area contributed by atoms with Gasteiger partial charge in [-0.2, -0.15) is 0 Å². The fraction of sp³-hybridized carbons (Fsp3) is 0.208. The summed E-state index contributed by atoms with van der Waals surface area (Å²) in [4.78, 5) is 2.55. The van der Waals surface area contributed by atoms with Crippen LogP contribution in [0, 0.1) is 0 Å². The minimum atomic E-state index is -0.152. The summed E-state index contributed by atoms with van der Waals surface area (Å²) in [5.74, 6) is 0. The predicted octanol–water partition coefficient (Wildman–Crippen LogP) is 13.8. The Morgan fingerprint density at radius 2 is 1.36 bits per heavy atom. The third-order valence-corrected chi connectivity index (χ3v) is 15.2. The zero-order chi connectivity index (χ0) is 39.3. The SMILES string of the molecule is CC1(C)CCC(C)(C)c2cc(Nc3c(-c4c5c(cc6c4oc4ccccc46)N4c6ccccc6C(C)(C)c6cccc(c64)[B]5)ccc4c3sc3ccccc34)ccc21. The van der Waals surface area contributed by atoms with Crippen LogP contribution < -0.4 is 21.1 Å². The van der Waals surface area contributed by atoms with E-state index in [-0.39, 0.29) is 16.2 Å². The first-order chi connectivity index (χ1) is 28.0. The topological polar surface area (TPSA) is 28.4 Å². The summed E-state index contributed by atoms with van der Waals surface area (Å²) in [6.45, 7) is 14.4. The summed E-state index contributed by atoms with van der Waals surface area (Å²) in [7, 11) is 2.43. The molecular formula is C53H44BN2OS. The molecule has 0 amide bonds. The van der Waals surface area contributed by atoms with E-state index >= 15 is 0 Å². The van der Waals surface area contributed by atoms with E-state index in [1.54, 1.807) is 0 Å². The molecule has 3 nitrogen and oxygen atoms in total. The quantitative estimate of drug-likeness (QED) is 0.182. The third kappa shape index (κ3) is 4.62. The van der Waals surface area contributed by atoms with E-state index in [9.17, 15) is 0 Å². The first-order valence-electron chi connectivity index (χ1n) is 20.7. The van der Waals surface area contributed by atoms with Crippen molar-refractivity contribution in [1.82, 2.24) is 0 Å². The van der Waals surface area contributed by atoms with Crippen molar-refractivity contribution in [3.05, 3.63) is 150 Å². The van der Waals surface area contributed by atoms with Gasteiger partial charge < -0.3 is 14.6 Å². The smallest absolute Gasteiger partial charge is 0.198 e. The van der Waals surface area contributed by atoms with Gasteiger partial charge in [-0.1, -0.05) is 138 Å². The maximum atomic E-state index is 7.04. The van der Waals surface area contributed by atoms with Crippen molar-refractivity contribution < 1.29 is 4.42 Å². The van der Waals surface area contributed by atoms with Gasteiger partial charge in [0.2, 0.25) is 0 Å². The molecule has 0 saturated heterocycles. The Bertz CT molecular complexity index is 3240. The molecule has 2 aliphatic heterocycles. The molecule has 5 heteroatoms. The van der Waals surface area contributed by atoms with Gasteiger partial charge in [-0.25, -0.2) is 0 Å². The van der Waals surface area contributed by atoms with Gasteiger partial charge in [-0.15, -0.1) is 11.3 Å². The van der Waals surface area contributed by atoms with Crippen molar-refractivity contribution in [2.75, 3.05) is 10.2 Å². The maximum Gasteiger partial charge on any atom is 0.198 e. The summed E-state index contributed by atoms with van der Waals surface area (Å²) in [5, 5.41) is 8.94. The molecule has 2 aromatic heterocycles. The number of anilines is 5. The summed E-state index contributed by atoms with van der Waals surface area (Å²) < 4.78 is 9.58. The van der Waals surface area contributed by atoms with E-state index in [0.717, 1.165) is 44.4 Å². The number of hydrogen-bond acceptors (Lipinski definition) is 4. The monoisotopic (exact) mass is 767 g/mol. The van der Waals surface area contributed by atoms with Crippen LogP contribution in [-0.2, 0) is 16.2 Å². The number of rotatable bonds is 3. The molecule has 0 spiro atoms. The highest BCUT2D eigenvalue weighted by Gasteiger charge is 2.42. The Morgan fingerprint density at radius 3 is 2.22 bits per heavy atom. The summed E-state index contributed by atoms with van der Waals surface area (Å²) in [6, 6.07) is 47.4. The molecular weight excluding hydrogens is 723 g/mol. The predicted molar refractivity (Wildman–Crippen MR) is 249 cm³/mol. The van der Waals surface area contributed by atoms with Gasteiger partial charge in [0, 0.05) is 59.8 Å². The van der Waals surface area contributed by atoms with E-state index in [1.807, 2.05) is 11.3 Å². The van der Waals surface area contributed by atoms with Crippen LogP contribution in [-0.4, -0.2) is 7.28 Å². The minimum absolute atomic E-state index is 0.0917. The average molecular weight is 768 g/mol. The van der Waals surface area contributed by atoms with Gasteiger partial charge in [-0.05, 0) is 87.8 Å². The van der Waals surface area contributed by atoms with Crippen molar-refractivity contribution in [1.29, 1.82) is 0 Å². The van der Waals surface area contributed by atoms with Crippen LogP contribution in [0.5, 0.6) is 0 Å². The minimum Gasteiger partial charge on any atom is -0.455 e. The van der Waals surface area contributed by atoms with E-state index in [4.69, 9.17) is 4.42 Å². The zero-order valence-corrected chi connectivity index (χ0v) is 34.7. The Labute approximate surface area is 344 Å². The first kappa shape index (κ1) is 34.3. The molecule has 12 rings (SSSR count). The number of nitrogens with zero attached hydrogens (tertiary/aromatic N) is 1. The lowest BCUT2D eigenvalue weighted by molar-refractivity contribution is 0.332. The molecule has 0 fully saturated rings. The molecule has 0 bridgehead atoms. The summed E-state index contributed by atoms with van der Waals surface area (Å²) in [5.41, 5.74) is 18.1. The van der Waals surface area contributed by atoms with Crippen molar-refractivity contribution >= 4 is 100 Å². The van der Waals surface area contributed by atoms with E-state index in [1.165, 1.54) is 83.3 Å². The van der Waals surface area contributed by atoms with Crippen LogP contribution in [0.15, 0.2) is 132 Å². The highest BCUT2D eigenvalue weighted by Crippen LogP contribution is 2.55. The van der Waals surface area contributed by atoms with Crippen molar-refractivity contribution in [3.63, 3.8) is 0 Å². The molecule has 281 valence electrons. The van der Waals surface area contributed by atoms with Gasteiger partial charge in [0.1, 0.15) is 11.2 Å². The molecule has 58 heavy (non-hydrogen) atoms. The lowest BCUT2D eigenvalue weighted by Crippen LogP contribution is -2.45. The Balaban J connectivity index is 1.18. The fourth-order valence-electron chi connectivity index (χ4n) is 10.7. The van der Waals surface area contributed by atoms with Crippen LogP contribution in [0.25, 0.3) is 53.2 Å². The second-order valence-electron chi connectivity index (χ2n) is 18.6. The molecule has 7 aromatic carbocycles. The molecule has 9 aromatic rings. The first-order valence-corrected chi connectivity index (χ1v) is 21.5. The number of thiophene rings is 1. The molecule has 1 radical (unpaired) electrons. The largest absolute Gasteiger partial charge is 0.455 e. The molecule has 1 aliphatic carbocycles. The Hall–Kier alpha value is -5.78. The number of hydrogen-bond donors (Lipinski definition) is 1. The highest BCUT2D eigenvalue weighted by atomic mass is 32.1. The van der Waals surface area contributed by atoms with Crippen LogP contribution in [0.1, 0.15) is 76.6 Å². The van der Waals surface area contributed by atoms with Gasteiger partial charge in [0.25, 0.3) is 0 Å². The second-order valence-corrected chi connectivity index (χ2v) is 19.7. The molecule has 0 atom stereocenters. The number of nitrogens with one attached hydrogen (secondary N) is 1. The Kier molecular flexibility index (Phi) is 6.90. The number of para-hydroxylation sites is 3. The molecule has 4 heterocycles. The van der Waals surface area contributed by atoms with Gasteiger partial charge >= 0.3 is 0 Å². The second kappa shape index (κ2) is 11.7. The number of furan rings is 1. The summed E-state index contributed by atoms with van der Waals surface area (Å²) in [6.07, 6.45) is 2.36. The van der Waals surface area contributed by atoms with Crippen LogP contribution in [0.2, 0.25) is 0 Å². The number of benzene rings is 7. The van der Waals surface area contributed by atoms with Crippen LogP contribution in [0.4, 0.5) is 28.4 Å². The lowest BCUT2D eigenvalue weighted by Gasteiger charge is -2.46. The maximum absolute atomic E-state index is 7.04. The normalized spacial score (nSPS) is 16.8. The zero-order valence-electron chi connectivity index (χ0n) is 33.9. The van der Waals surface area contributed by atoms with Crippen molar-refractivity contribution in [3.8, 4) is 11.1 Å². The highest BCUT2D eigenvalue weighted by molar-refractivity contribution is 7.26. The standard InChI is InChI=1S/C53H44BN2OS/c1-51(2)26-27-52(3,4)39-28-30(22-25-36(39)51)55-47-34(24-23-33-32-15-8-12-21-44(32)58-50(33)47)45-46-42(29-35-31-14-7-11-20-43(31)57-49(35)45)56-41-19-10-9-16-37(41)53(5,6)38-17-13-18-40(54-46)48(38)56/h7-25,28-29,55H,26-27H2,1-6H3. The third-order valence-electron chi connectivity index (χ3n) is 13.9. The van der Waals surface area contributed by atoms with E-state index in [0.29, 0.717) is 0 Å². The fourth-order valence-corrected chi connectivity index (χ4v) is 11.9. The van der Waals surface area contributed by atoms with Gasteiger partial charge in [-0.3, -0.25) is 0 Å². The van der Waals surface area contributed by atoms with Crippen molar-refractivity contribution in [2.45, 2.75) is 70.6 Å². The molecule has 0 saturated carbocycles. The van der Waals surface area contributed by atoms with Gasteiger partial charge in [0.15, 0.2) is 7.28 Å². The van der Waals surface area contributed by atoms with Crippen molar-refractivity contribution in [2.24, 2.45) is 0 Å². The Morgan fingerprint density at radius 1 is 0.621 bits per heavy atom. The van der Waals surface area contributed by atoms with Crippen LogP contribution >= 0.6 is 11.3 Å². The van der Waals surface area contributed by atoms with E-state index < -0.39 is 0 Å². The van der Waals surface area contributed by atoms with Crippen LogP contribution in [0.3, 0.4) is 0 Å². The summed E-state index contributed by atoms with van der Waals surface area (Å²) >= 11 is 1.87. The number of fused-ring (bicyclic) bond motifs is 11.